The second-order valence-corrected chi connectivity index (χ2v) is 5.30. The van der Waals surface area contributed by atoms with Gasteiger partial charge < -0.3 is 5.32 Å². The number of nitrogens with zero attached hydrogens (tertiary/aromatic N) is 1. The lowest BCUT2D eigenvalue weighted by molar-refractivity contribution is 0.236. The van der Waals surface area contributed by atoms with Crippen molar-refractivity contribution in [2.75, 3.05) is 20.1 Å². The van der Waals surface area contributed by atoms with Gasteiger partial charge in [-0.05, 0) is 51.5 Å². The Labute approximate surface area is 116 Å². The molecule has 1 aromatic rings. The molecule has 2 nitrogen and oxygen atoms in total. The van der Waals surface area contributed by atoms with Crippen molar-refractivity contribution < 1.29 is 0 Å². The van der Waals surface area contributed by atoms with Crippen LogP contribution in [0.2, 0.25) is 5.02 Å². The lowest BCUT2D eigenvalue weighted by Gasteiger charge is -2.25. The highest BCUT2D eigenvalue weighted by Gasteiger charge is 2.10. The zero-order valence-corrected chi connectivity index (χ0v) is 12.5. The van der Waals surface area contributed by atoms with Gasteiger partial charge in [0.1, 0.15) is 0 Å². The van der Waals surface area contributed by atoms with Crippen molar-refractivity contribution in [2.24, 2.45) is 0 Å². The maximum atomic E-state index is 6.18. The predicted molar refractivity (Wildman–Crippen MR) is 80.2 cm³/mol. The third kappa shape index (κ3) is 5.38. The number of hydrogen-bond donors (Lipinski definition) is 1. The lowest BCUT2D eigenvalue weighted by Crippen LogP contribution is -2.32. The molecule has 0 spiro atoms. The minimum Gasteiger partial charge on any atom is -0.317 e. The summed E-state index contributed by atoms with van der Waals surface area (Å²) in [5.74, 6) is 0. The van der Waals surface area contributed by atoms with E-state index in [1.807, 2.05) is 18.2 Å². The Morgan fingerprint density at radius 3 is 2.67 bits per heavy atom. The molecule has 0 saturated carbocycles. The fourth-order valence-electron chi connectivity index (χ4n) is 1.88. The highest BCUT2D eigenvalue weighted by atomic mass is 35.5. The average molecular weight is 269 g/mol. The van der Waals surface area contributed by atoms with Crippen LogP contribution in [0.15, 0.2) is 24.3 Å². The Kier molecular flexibility index (Phi) is 7.33. The molecular weight excluding hydrogens is 244 g/mol. The first-order valence-electron chi connectivity index (χ1n) is 6.79. The normalized spacial score (nSPS) is 12.9. The minimum atomic E-state index is 0.561. The smallest absolute Gasteiger partial charge is 0.0451 e. The highest BCUT2D eigenvalue weighted by Crippen LogP contribution is 2.17. The fourth-order valence-corrected chi connectivity index (χ4v) is 2.08. The van der Waals surface area contributed by atoms with Gasteiger partial charge in [-0.25, -0.2) is 0 Å². The minimum absolute atomic E-state index is 0.561. The van der Waals surface area contributed by atoms with Crippen molar-refractivity contribution in [3.05, 3.63) is 34.9 Å². The van der Waals surface area contributed by atoms with E-state index in [1.54, 1.807) is 0 Å². The van der Waals surface area contributed by atoms with Gasteiger partial charge in [0.25, 0.3) is 0 Å². The summed E-state index contributed by atoms with van der Waals surface area (Å²) in [5.41, 5.74) is 1.20. The number of halogens is 1. The largest absolute Gasteiger partial charge is 0.317 e. The van der Waals surface area contributed by atoms with Crippen molar-refractivity contribution in [3.63, 3.8) is 0 Å². The number of rotatable bonds is 8. The SMILES string of the molecule is CCCNCCC(C)N(C)Cc1ccccc1Cl. The Balaban J connectivity index is 2.35. The first-order valence-corrected chi connectivity index (χ1v) is 7.17. The van der Waals surface area contributed by atoms with E-state index in [4.69, 9.17) is 11.6 Å². The van der Waals surface area contributed by atoms with Crippen molar-refractivity contribution >= 4 is 11.6 Å². The average Bonchev–Trinajstić information content (AvgIpc) is 2.37. The standard InChI is InChI=1S/C15H25ClN2/c1-4-10-17-11-9-13(2)18(3)12-14-7-5-6-8-15(14)16/h5-8,13,17H,4,9-12H2,1-3H3. The molecule has 0 aliphatic carbocycles. The topological polar surface area (TPSA) is 15.3 Å². The lowest BCUT2D eigenvalue weighted by atomic mass is 10.1. The van der Waals surface area contributed by atoms with Crippen LogP contribution >= 0.6 is 11.6 Å². The van der Waals surface area contributed by atoms with E-state index >= 15 is 0 Å². The summed E-state index contributed by atoms with van der Waals surface area (Å²) in [6.45, 7) is 7.57. The van der Waals surface area contributed by atoms with Gasteiger partial charge in [-0.2, -0.15) is 0 Å². The highest BCUT2D eigenvalue weighted by molar-refractivity contribution is 6.31. The Morgan fingerprint density at radius 2 is 2.00 bits per heavy atom. The molecule has 0 amide bonds. The zero-order chi connectivity index (χ0) is 13.4. The molecule has 0 fully saturated rings. The second kappa shape index (κ2) is 8.52. The van der Waals surface area contributed by atoms with Crippen LogP contribution in [0.3, 0.4) is 0 Å². The molecular formula is C15H25ClN2. The van der Waals surface area contributed by atoms with Crippen molar-refractivity contribution in [3.8, 4) is 0 Å². The van der Waals surface area contributed by atoms with Crippen LogP contribution in [-0.2, 0) is 6.54 Å². The third-order valence-corrected chi connectivity index (χ3v) is 3.66. The Bertz CT molecular complexity index is 341. The van der Waals surface area contributed by atoms with E-state index in [0.29, 0.717) is 6.04 Å². The van der Waals surface area contributed by atoms with E-state index in [1.165, 1.54) is 18.4 Å². The molecule has 0 aliphatic heterocycles. The van der Waals surface area contributed by atoms with Crippen molar-refractivity contribution in [1.82, 2.24) is 10.2 Å². The first kappa shape index (κ1) is 15.5. The van der Waals surface area contributed by atoms with Crippen LogP contribution < -0.4 is 5.32 Å². The van der Waals surface area contributed by atoms with Gasteiger partial charge in [0.15, 0.2) is 0 Å². The third-order valence-electron chi connectivity index (χ3n) is 3.30. The van der Waals surface area contributed by atoms with Crippen LogP contribution in [0.25, 0.3) is 0 Å². The summed E-state index contributed by atoms with van der Waals surface area (Å²) in [6, 6.07) is 8.64. The van der Waals surface area contributed by atoms with Crippen molar-refractivity contribution in [1.29, 1.82) is 0 Å². The molecule has 0 bridgehead atoms. The second-order valence-electron chi connectivity index (χ2n) is 4.89. The molecule has 1 N–H and O–H groups in total. The monoisotopic (exact) mass is 268 g/mol. The number of nitrogens with one attached hydrogen (secondary N) is 1. The van der Waals surface area contributed by atoms with Gasteiger partial charge in [0, 0.05) is 17.6 Å². The molecule has 0 radical (unpaired) electrons. The summed E-state index contributed by atoms with van der Waals surface area (Å²) in [6.07, 6.45) is 2.37. The molecule has 0 aromatic heterocycles. The van der Waals surface area contributed by atoms with Gasteiger partial charge >= 0.3 is 0 Å². The van der Waals surface area contributed by atoms with Gasteiger partial charge in [0.05, 0.1) is 0 Å². The molecule has 102 valence electrons. The van der Waals surface area contributed by atoms with E-state index in [-0.39, 0.29) is 0 Å². The Hall–Kier alpha value is -0.570. The summed E-state index contributed by atoms with van der Waals surface area (Å²) >= 11 is 6.18. The van der Waals surface area contributed by atoms with Crippen LogP contribution in [0.4, 0.5) is 0 Å². The Morgan fingerprint density at radius 1 is 1.28 bits per heavy atom. The molecule has 0 aliphatic rings. The van der Waals surface area contributed by atoms with Crippen LogP contribution in [0, 0.1) is 0 Å². The summed E-state index contributed by atoms with van der Waals surface area (Å²) in [5, 5.41) is 4.31. The van der Waals surface area contributed by atoms with E-state index in [9.17, 15) is 0 Å². The van der Waals surface area contributed by atoms with Crippen LogP contribution in [0.5, 0.6) is 0 Å². The van der Waals surface area contributed by atoms with Gasteiger partial charge in [0.2, 0.25) is 0 Å². The molecule has 1 unspecified atom stereocenters. The molecule has 1 atom stereocenters. The summed E-state index contributed by atoms with van der Waals surface area (Å²) in [7, 11) is 2.16. The predicted octanol–water partition coefficient (Wildman–Crippen LogP) is 3.55. The summed E-state index contributed by atoms with van der Waals surface area (Å²) < 4.78 is 0. The molecule has 18 heavy (non-hydrogen) atoms. The molecule has 1 rings (SSSR count). The van der Waals surface area contributed by atoms with Gasteiger partial charge in [-0.3, -0.25) is 4.90 Å². The zero-order valence-electron chi connectivity index (χ0n) is 11.7. The van der Waals surface area contributed by atoms with Crippen LogP contribution in [0.1, 0.15) is 32.3 Å². The number of benzene rings is 1. The van der Waals surface area contributed by atoms with Crippen LogP contribution in [-0.4, -0.2) is 31.1 Å². The molecule has 0 heterocycles. The molecule has 3 heteroatoms. The van der Waals surface area contributed by atoms with Crippen molar-refractivity contribution in [2.45, 2.75) is 39.3 Å². The van der Waals surface area contributed by atoms with E-state index in [2.05, 4.69) is 37.2 Å². The molecule has 1 aromatic carbocycles. The molecule has 0 saturated heterocycles. The fraction of sp³-hybridized carbons (Fsp3) is 0.600. The number of hydrogen-bond acceptors (Lipinski definition) is 2. The first-order chi connectivity index (χ1) is 8.65. The van der Waals surface area contributed by atoms with Gasteiger partial charge in [-0.15, -0.1) is 0 Å². The van der Waals surface area contributed by atoms with E-state index < -0.39 is 0 Å². The quantitative estimate of drug-likeness (QED) is 0.726. The van der Waals surface area contributed by atoms with Gasteiger partial charge in [-0.1, -0.05) is 36.7 Å². The maximum absolute atomic E-state index is 6.18. The van der Waals surface area contributed by atoms with E-state index in [0.717, 1.165) is 24.7 Å². The summed E-state index contributed by atoms with van der Waals surface area (Å²) in [4.78, 5) is 2.36. The maximum Gasteiger partial charge on any atom is 0.0451 e.